The van der Waals surface area contributed by atoms with Crippen molar-refractivity contribution < 1.29 is 14.3 Å². The molecule has 0 aromatic heterocycles. The monoisotopic (exact) mass is 346 g/mol. The van der Waals surface area contributed by atoms with Crippen molar-refractivity contribution in [3.05, 3.63) is 0 Å². The summed E-state index contributed by atoms with van der Waals surface area (Å²) >= 11 is 0. The summed E-state index contributed by atoms with van der Waals surface area (Å²) in [5.41, 5.74) is 6.13. The Labute approximate surface area is 145 Å². The van der Waals surface area contributed by atoms with E-state index in [0.29, 0.717) is 43.6 Å². The molecule has 5 nitrogen and oxygen atoms in total. The summed E-state index contributed by atoms with van der Waals surface area (Å²) in [4.78, 5) is 12.2. The fourth-order valence-electron chi connectivity index (χ4n) is 4.44. The Bertz CT molecular complexity index is 363. The Kier molecular flexibility index (Phi) is 7.60. The second-order valence-corrected chi connectivity index (χ2v) is 7.24. The molecule has 0 spiro atoms. The summed E-state index contributed by atoms with van der Waals surface area (Å²) in [7, 11) is 0. The zero-order chi connectivity index (χ0) is 15.4. The van der Waals surface area contributed by atoms with E-state index in [1.807, 2.05) is 0 Å². The lowest BCUT2D eigenvalue weighted by Crippen LogP contribution is -2.53. The number of halogens is 1. The smallest absolute Gasteiger partial charge is 0.222 e. The van der Waals surface area contributed by atoms with Crippen molar-refractivity contribution in [3.8, 4) is 0 Å². The van der Waals surface area contributed by atoms with E-state index in [-0.39, 0.29) is 24.4 Å². The van der Waals surface area contributed by atoms with Crippen LogP contribution in [0.3, 0.4) is 0 Å². The minimum atomic E-state index is 0. The lowest BCUT2D eigenvalue weighted by Gasteiger charge is -2.45. The van der Waals surface area contributed by atoms with Crippen molar-refractivity contribution in [1.29, 1.82) is 0 Å². The number of amides is 1. The third-order valence-electron chi connectivity index (χ3n) is 5.51. The number of hydrogen-bond donors (Lipinski definition) is 2. The van der Waals surface area contributed by atoms with Gasteiger partial charge in [0, 0.05) is 25.1 Å². The molecule has 1 amide bonds. The zero-order valence-corrected chi connectivity index (χ0v) is 14.7. The molecule has 3 rings (SSSR count). The van der Waals surface area contributed by atoms with E-state index in [0.717, 1.165) is 32.3 Å². The van der Waals surface area contributed by atoms with Crippen molar-refractivity contribution in [3.63, 3.8) is 0 Å². The molecule has 23 heavy (non-hydrogen) atoms. The minimum absolute atomic E-state index is 0. The van der Waals surface area contributed by atoms with Crippen LogP contribution in [0.25, 0.3) is 0 Å². The normalized spacial score (nSPS) is 36.3. The number of nitrogens with one attached hydrogen (secondary N) is 1. The molecule has 1 aliphatic heterocycles. The first-order chi connectivity index (χ1) is 10.7. The Hall–Kier alpha value is -0.360. The number of hydrogen-bond acceptors (Lipinski definition) is 4. The number of fused-ring (bicyclic) bond motifs is 2. The van der Waals surface area contributed by atoms with Crippen LogP contribution in [0.2, 0.25) is 0 Å². The van der Waals surface area contributed by atoms with Gasteiger partial charge in [-0.3, -0.25) is 4.79 Å². The van der Waals surface area contributed by atoms with Crippen LogP contribution in [0.5, 0.6) is 0 Å². The van der Waals surface area contributed by atoms with Crippen molar-refractivity contribution in [2.75, 3.05) is 19.8 Å². The number of carbonyl (C=O) groups excluding carboxylic acids is 1. The fourth-order valence-corrected chi connectivity index (χ4v) is 4.44. The van der Waals surface area contributed by atoms with Gasteiger partial charge in [0.25, 0.3) is 0 Å². The molecule has 3 atom stereocenters. The molecule has 0 aromatic rings. The van der Waals surface area contributed by atoms with Crippen LogP contribution in [0.1, 0.15) is 51.4 Å². The van der Waals surface area contributed by atoms with Crippen LogP contribution < -0.4 is 11.1 Å². The van der Waals surface area contributed by atoms with Gasteiger partial charge in [0.2, 0.25) is 5.91 Å². The Morgan fingerprint density at radius 2 is 1.91 bits per heavy atom. The largest absolute Gasteiger partial charge is 0.378 e. The average molecular weight is 347 g/mol. The highest BCUT2D eigenvalue weighted by Gasteiger charge is 2.39. The maximum Gasteiger partial charge on any atom is 0.222 e. The number of carbonyl (C=O) groups is 1. The van der Waals surface area contributed by atoms with Gasteiger partial charge in [-0.05, 0) is 50.4 Å². The zero-order valence-electron chi connectivity index (χ0n) is 13.9. The summed E-state index contributed by atoms with van der Waals surface area (Å²) in [5, 5.41) is 3.26. The molecule has 0 radical (unpaired) electrons. The van der Waals surface area contributed by atoms with Crippen LogP contribution in [0, 0.1) is 11.8 Å². The van der Waals surface area contributed by atoms with Crippen molar-refractivity contribution in [1.82, 2.24) is 5.32 Å². The molecule has 1 saturated heterocycles. The van der Waals surface area contributed by atoms with E-state index in [1.165, 1.54) is 19.3 Å². The van der Waals surface area contributed by atoms with Crippen LogP contribution in [-0.2, 0) is 14.3 Å². The molecule has 3 N–H and O–H groups in total. The van der Waals surface area contributed by atoms with Gasteiger partial charge in [-0.25, -0.2) is 0 Å². The first kappa shape index (κ1) is 19.0. The van der Waals surface area contributed by atoms with Gasteiger partial charge in [0.1, 0.15) is 0 Å². The van der Waals surface area contributed by atoms with E-state index < -0.39 is 0 Å². The Balaban J connectivity index is 0.00000192. The summed E-state index contributed by atoms with van der Waals surface area (Å²) in [6.07, 6.45) is 8.75. The molecule has 3 unspecified atom stereocenters. The molecule has 0 aromatic carbocycles. The molecular weight excluding hydrogens is 316 g/mol. The minimum Gasteiger partial charge on any atom is -0.378 e. The fraction of sp³-hybridized carbons (Fsp3) is 0.941. The maximum absolute atomic E-state index is 12.2. The van der Waals surface area contributed by atoms with Gasteiger partial charge in [-0.2, -0.15) is 0 Å². The van der Waals surface area contributed by atoms with E-state index in [1.54, 1.807) is 0 Å². The second-order valence-electron chi connectivity index (χ2n) is 7.24. The van der Waals surface area contributed by atoms with E-state index >= 15 is 0 Å². The highest BCUT2D eigenvalue weighted by Crippen LogP contribution is 2.39. The Morgan fingerprint density at radius 3 is 2.57 bits per heavy atom. The average Bonchev–Trinajstić information content (AvgIpc) is 2.98. The molecule has 6 heteroatoms. The summed E-state index contributed by atoms with van der Waals surface area (Å²) in [6, 6.07) is 0.678. The molecule has 2 aliphatic carbocycles. The summed E-state index contributed by atoms with van der Waals surface area (Å²) in [5.74, 6) is 1.29. The number of ether oxygens (including phenoxy) is 2. The quantitative estimate of drug-likeness (QED) is 0.721. The maximum atomic E-state index is 12.2. The number of nitrogens with two attached hydrogens (primary N) is 1. The molecule has 3 aliphatic rings. The van der Waals surface area contributed by atoms with E-state index in [2.05, 4.69) is 5.32 Å². The van der Waals surface area contributed by atoms with Crippen LogP contribution >= 0.6 is 12.4 Å². The third-order valence-corrected chi connectivity index (χ3v) is 5.51. The van der Waals surface area contributed by atoms with Gasteiger partial charge >= 0.3 is 0 Å². The van der Waals surface area contributed by atoms with Crippen LogP contribution in [0.4, 0.5) is 0 Å². The summed E-state index contributed by atoms with van der Waals surface area (Å²) < 4.78 is 11.1. The SMILES string of the molecule is Cl.NC1CC2CCCC(C1)C2NC(=O)CCOCC1CCCO1. The summed E-state index contributed by atoms with van der Waals surface area (Å²) in [6.45, 7) is 1.96. The van der Waals surface area contributed by atoms with Gasteiger partial charge in [-0.1, -0.05) is 6.42 Å². The van der Waals surface area contributed by atoms with Gasteiger partial charge in [0.15, 0.2) is 0 Å². The molecular formula is C17H31ClN2O3. The first-order valence-corrected chi connectivity index (χ1v) is 8.96. The molecule has 1 heterocycles. The molecule has 3 fully saturated rings. The highest BCUT2D eigenvalue weighted by atomic mass is 35.5. The number of rotatable bonds is 6. The molecule has 134 valence electrons. The predicted molar refractivity (Wildman–Crippen MR) is 91.6 cm³/mol. The first-order valence-electron chi connectivity index (χ1n) is 8.96. The lowest BCUT2D eigenvalue weighted by atomic mass is 9.67. The van der Waals surface area contributed by atoms with Gasteiger partial charge in [-0.15, -0.1) is 12.4 Å². The molecule has 2 bridgehead atoms. The lowest BCUT2D eigenvalue weighted by molar-refractivity contribution is -0.124. The standard InChI is InChI=1S/C17H30N2O3.ClH/c18-14-9-12-3-1-4-13(10-14)17(12)19-16(20)6-8-21-11-15-5-2-7-22-15;/h12-15,17H,1-11,18H2,(H,19,20);1H. The second kappa shape index (κ2) is 9.21. The van der Waals surface area contributed by atoms with Gasteiger partial charge in [0.05, 0.1) is 19.3 Å². The van der Waals surface area contributed by atoms with E-state index in [4.69, 9.17) is 15.2 Å². The third kappa shape index (κ3) is 5.31. The van der Waals surface area contributed by atoms with Gasteiger partial charge < -0.3 is 20.5 Å². The highest BCUT2D eigenvalue weighted by molar-refractivity contribution is 5.85. The van der Waals surface area contributed by atoms with Crippen LogP contribution in [0.15, 0.2) is 0 Å². The van der Waals surface area contributed by atoms with Crippen molar-refractivity contribution >= 4 is 18.3 Å². The van der Waals surface area contributed by atoms with Crippen molar-refractivity contribution in [2.45, 2.75) is 69.6 Å². The Morgan fingerprint density at radius 1 is 1.17 bits per heavy atom. The topological polar surface area (TPSA) is 73.6 Å². The van der Waals surface area contributed by atoms with Crippen LogP contribution in [-0.4, -0.2) is 43.9 Å². The molecule has 2 saturated carbocycles. The van der Waals surface area contributed by atoms with Crippen molar-refractivity contribution in [2.24, 2.45) is 17.6 Å². The predicted octanol–water partition coefficient (Wildman–Crippen LogP) is 2.02. The van der Waals surface area contributed by atoms with E-state index in [9.17, 15) is 4.79 Å².